The van der Waals surface area contributed by atoms with Crippen LogP contribution in [0, 0.1) is 0 Å². The van der Waals surface area contributed by atoms with E-state index >= 15 is 0 Å². The zero-order chi connectivity index (χ0) is 20.2. The summed E-state index contributed by atoms with van der Waals surface area (Å²) < 4.78 is 0. The lowest BCUT2D eigenvalue weighted by molar-refractivity contribution is -0.130. The van der Waals surface area contributed by atoms with Crippen LogP contribution in [0.2, 0.25) is 0 Å². The smallest absolute Gasteiger partial charge is 0.219 e. The van der Waals surface area contributed by atoms with E-state index in [1.54, 1.807) is 6.92 Å². The number of aliphatic imine (C=N–C) groups is 1. The molecule has 27 heavy (non-hydrogen) atoms. The Morgan fingerprint density at radius 1 is 1.07 bits per heavy atom. The van der Waals surface area contributed by atoms with Crippen LogP contribution in [0.4, 0.5) is 0 Å². The first-order valence-corrected chi connectivity index (χ1v) is 10.6. The van der Waals surface area contributed by atoms with Gasteiger partial charge < -0.3 is 15.5 Å². The summed E-state index contributed by atoms with van der Waals surface area (Å²) in [6, 6.07) is 1.15. The van der Waals surface area contributed by atoms with Gasteiger partial charge in [-0.05, 0) is 41.0 Å². The predicted octanol–water partition coefficient (Wildman–Crippen LogP) is 1.21. The topological polar surface area (TPSA) is 63.2 Å². The van der Waals surface area contributed by atoms with Gasteiger partial charge in [-0.1, -0.05) is 0 Å². The highest BCUT2D eigenvalue weighted by molar-refractivity contribution is 5.79. The first-order valence-electron chi connectivity index (χ1n) is 10.6. The van der Waals surface area contributed by atoms with Gasteiger partial charge in [-0.3, -0.25) is 19.6 Å². The zero-order valence-corrected chi connectivity index (χ0v) is 18.4. The van der Waals surface area contributed by atoms with E-state index in [0.717, 1.165) is 71.3 Å². The molecule has 0 saturated carbocycles. The lowest BCUT2D eigenvalue weighted by Gasteiger charge is -2.34. The molecule has 7 nitrogen and oxygen atoms in total. The highest BCUT2D eigenvalue weighted by atomic mass is 16.2. The third-order valence-electron chi connectivity index (χ3n) is 5.05. The summed E-state index contributed by atoms with van der Waals surface area (Å²) in [6.45, 7) is 21.0. The Balaban J connectivity index is 2.30. The first-order chi connectivity index (χ1) is 12.8. The average molecular weight is 383 g/mol. The molecule has 1 heterocycles. The molecule has 0 aliphatic carbocycles. The second-order valence-corrected chi connectivity index (χ2v) is 7.81. The van der Waals surface area contributed by atoms with E-state index in [9.17, 15) is 4.79 Å². The van der Waals surface area contributed by atoms with Crippen LogP contribution in [-0.4, -0.2) is 97.6 Å². The SMILES string of the molecule is CCNC(=NCCCN(C(C)C)C(C)C)NCCN1CCN(C(C)=O)CC1. The minimum Gasteiger partial charge on any atom is -0.357 e. The quantitative estimate of drug-likeness (QED) is 0.338. The van der Waals surface area contributed by atoms with Crippen molar-refractivity contribution < 1.29 is 4.79 Å². The molecule has 0 spiro atoms. The van der Waals surface area contributed by atoms with Crippen molar-refractivity contribution in [2.45, 2.75) is 60.0 Å². The lowest BCUT2D eigenvalue weighted by Crippen LogP contribution is -2.50. The Labute approximate surface area is 166 Å². The average Bonchev–Trinajstić information content (AvgIpc) is 2.61. The van der Waals surface area contributed by atoms with Crippen molar-refractivity contribution >= 4 is 11.9 Å². The fourth-order valence-corrected chi connectivity index (χ4v) is 3.52. The maximum atomic E-state index is 11.4. The number of hydrogen-bond acceptors (Lipinski definition) is 4. The standard InChI is InChI=1S/C20H42N6O/c1-7-21-20(22-9-8-11-26(17(2)3)18(4)5)23-10-12-24-13-15-25(16-14-24)19(6)27/h17-18H,7-16H2,1-6H3,(H2,21,22,23). The maximum Gasteiger partial charge on any atom is 0.219 e. The van der Waals surface area contributed by atoms with Gasteiger partial charge in [-0.15, -0.1) is 0 Å². The largest absolute Gasteiger partial charge is 0.357 e. The van der Waals surface area contributed by atoms with Gasteiger partial charge in [0.2, 0.25) is 5.91 Å². The van der Waals surface area contributed by atoms with Gasteiger partial charge >= 0.3 is 0 Å². The summed E-state index contributed by atoms with van der Waals surface area (Å²) in [4.78, 5) is 22.9. The molecule has 2 N–H and O–H groups in total. The second kappa shape index (κ2) is 12.9. The van der Waals surface area contributed by atoms with E-state index in [-0.39, 0.29) is 5.91 Å². The lowest BCUT2D eigenvalue weighted by atomic mass is 10.2. The molecule has 0 radical (unpaired) electrons. The monoisotopic (exact) mass is 382 g/mol. The molecular weight excluding hydrogens is 340 g/mol. The summed E-state index contributed by atoms with van der Waals surface area (Å²) in [5.74, 6) is 1.09. The molecule has 0 aromatic rings. The third kappa shape index (κ3) is 9.42. The number of carbonyl (C=O) groups is 1. The van der Waals surface area contributed by atoms with Crippen molar-refractivity contribution in [2.75, 3.05) is 58.9 Å². The van der Waals surface area contributed by atoms with E-state index in [4.69, 9.17) is 4.99 Å². The molecule has 1 fully saturated rings. The van der Waals surface area contributed by atoms with E-state index in [0.29, 0.717) is 12.1 Å². The summed E-state index contributed by atoms with van der Waals surface area (Å²) in [5.41, 5.74) is 0. The molecule has 0 aromatic heterocycles. The Hall–Kier alpha value is -1.34. The van der Waals surface area contributed by atoms with Crippen molar-refractivity contribution in [1.29, 1.82) is 0 Å². The highest BCUT2D eigenvalue weighted by Gasteiger charge is 2.18. The summed E-state index contributed by atoms with van der Waals surface area (Å²) in [6.07, 6.45) is 1.07. The van der Waals surface area contributed by atoms with Crippen molar-refractivity contribution in [3.8, 4) is 0 Å². The normalized spacial score (nSPS) is 16.5. The summed E-state index contributed by atoms with van der Waals surface area (Å²) in [5, 5.41) is 6.77. The van der Waals surface area contributed by atoms with E-state index in [1.165, 1.54) is 0 Å². The number of piperazine rings is 1. The predicted molar refractivity (Wildman–Crippen MR) is 114 cm³/mol. The summed E-state index contributed by atoms with van der Waals surface area (Å²) >= 11 is 0. The van der Waals surface area contributed by atoms with Gasteiger partial charge in [0.25, 0.3) is 0 Å². The molecule has 0 bridgehead atoms. The van der Waals surface area contributed by atoms with Gasteiger partial charge in [-0.2, -0.15) is 0 Å². The van der Waals surface area contributed by atoms with Crippen LogP contribution in [-0.2, 0) is 4.79 Å². The van der Waals surface area contributed by atoms with Gasteiger partial charge in [-0.25, -0.2) is 0 Å². The molecule has 1 aliphatic rings. The van der Waals surface area contributed by atoms with Crippen LogP contribution in [0.5, 0.6) is 0 Å². The molecule has 7 heteroatoms. The molecule has 1 saturated heterocycles. The van der Waals surface area contributed by atoms with Crippen molar-refractivity contribution in [3.63, 3.8) is 0 Å². The third-order valence-corrected chi connectivity index (χ3v) is 5.05. The molecule has 158 valence electrons. The van der Waals surface area contributed by atoms with Gasteiger partial charge in [0.1, 0.15) is 0 Å². The first kappa shape index (κ1) is 23.7. The van der Waals surface area contributed by atoms with Crippen LogP contribution in [0.15, 0.2) is 4.99 Å². The molecular formula is C20H42N6O. The molecule has 0 unspecified atom stereocenters. The van der Waals surface area contributed by atoms with Crippen LogP contribution < -0.4 is 10.6 Å². The van der Waals surface area contributed by atoms with E-state index in [1.807, 2.05) is 4.90 Å². The number of carbonyl (C=O) groups excluding carboxylic acids is 1. The number of nitrogens with one attached hydrogen (secondary N) is 2. The minimum absolute atomic E-state index is 0.183. The fourth-order valence-electron chi connectivity index (χ4n) is 3.52. The Kier molecular flexibility index (Phi) is 11.4. The van der Waals surface area contributed by atoms with Crippen LogP contribution in [0.25, 0.3) is 0 Å². The molecule has 1 amide bonds. The minimum atomic E-state index is 0.183. The van der Waals surface area contributed by atoms with Crippen LogP contribution in [0.3, 0.4) is 0 Å². The van der Waals surface area contributed by atoms with E-state index in [2.05, 4.69) is 55.1 Å². The number of guanidine groups is 1. The molecule has 0 aromatic carbocycles. The van der Waals surface area contributed by atoms with Crippen molar-refractivity contribution in [2.24, 2.45) is 4.99 Å². The summed E-state index contributed by atoms with van der Waals surface area (Å²) in [7, 11) is 0. The van der Waals surface area contributed by atoms with E-state index < -0.39 is 0 Å². The molecule has 0 atom stereocenters. The van der Waals surface area contributed by atoms with Crippen molar-refractivity contribution in [1.82, 2.24) is 25.3 Å². The van der Waals surface area contributed by atoms with Gasteiger partial charge in [0.15, 0.2) is 5.96 Å². The van der Waals surface area contributed by atoms with Crippen LogP contribution >= 0.6 is 0 Å². The zero-order valence-electron chi connectivity index (χ0n) is 18.4. The fraction of sp³-hybridized carbons (Fsp3) is 0.900. The number of amides is 1. The van der Waals surface area contributed by atoms with Gasteiger partial charge in [0.05, 0.1) is 0 Å². The Bertz CT molecular complexity index is 436. The molecule has 1 rings (SSSR count). The Morgan fingerprint density at radius 2 is 1.70 bits per heavy atom. The van der Waals surface area contributed by atoms with Crippen molar-refractivity contribution in [3.05, 3.63) is 0 Å². The Morgan fingerprint density at radius 3 is 2.22 bits per heavy atom. The number of hydrogen-bond donors (Lipinski definition) is 2. The number of nitrogens with zero attached hydrogens (tertiary/aromatic N) is 4. The van der Waals surface area contributed by atoms with Gasteiger partial charge in [0, 0.05) is 77.9 Å². The number of rotatable bonds is 10. The molecule has 1 aliphatic heterocycles. The maximum absolute atomic E-state index is 11.4. The van der Waals surface area contributed by atoms with Crippen LogP contribution in [0.1, 0.15) is 48.0 Å². The highest BCUT2D eigenvalue weighted by Crippen LogP contribution is 2.05. The second-order valence-electron chi connectivity index (χ2n) is 7.81.